The number of esters is 1. The summed E-state index contributed by atoms with van der Waals surface area (Å²) in [6.07, 6.45) is 2.64. The molecule has 2 heterocycles. The molecule has 8 heteroatoms. The Morgan fingerprint density at radius 1 is 1.52 bits per heavy atom. The molecule has 1 fully saturated rings. The molecule has 0 radical (unpaired) electrons. The average Bonchev–Trinajstić information content (AvgIpc) is 3.13. The van der Waals surface area contributed by atoms with Crippen LogP contribution in [0.1, 0.15) is 35.1 Å². The minimum Gasteiger partial charge on any atom is -0.468 e. The number of hydrogen-bond donors (Lipinski definition) is 0. The number of ether oxygens (including phenoxy) is 1. The number of aryl methyl sites for hydroxylation is 1. The third-order valence-electron chi connectivity index (χ3n) is 3.33. The molecule has 1 amide bonds. The molecule has 1 aromatic heterocycles. The highest BCUT2D eigenvalue weighted by atomic mass is 32.2. The summed E-state index contributed by atoms with van der Waals surface area (Å²) in [6.45, 7) is 3.45. The quantitative estimate of drug-likeness (QED) is 0.738. The van der Waals surface area contributed by atoms with Gasteiger partial charge in [-0.2, -0.15) is 0 Å². The summed E-state index contributed by atoms with van der Waals surface area (Å²) >= 11 is 2.73. The first-order valence-electron chi connectivity index (χ1n) is 6.94. The Balaban J connectivity index is 1.90. The van der Waals surface area contributed by atoms with Gasteiger partial charge in [0.05, 0.1) is 18.6 Å². The molecular formula is C13H19N3O3S2. The molecule has 0 saturated carbocycles. The smallest absolute Gasteiger partial charge is 0.315 e. The van der Waals surface area contributed by atoms with E-state index >= 15 is 0 Å². The molecule has 1 aliphatic heterocycles. The summed E-state index contributed by atoms with van der Waals surface area (Å²) in [5.41, 5.74) is 0.804. The van der Waals surface area contributed by atoms with Gasteiger partial charge in [0.1, 0.15) is 4.88 Å². The minimum absolute atomic E-state index is 0.0228. The summed E-state index contributed by atoms with van der Waals surface area (Å²) in [6, 6.07) is 0. The number of methoxy groups -OCH3 is 1. The van der Waals surface area contributed by atoms with E-state index in [-0.39, 0.29) is 11.9 Å². The molecule has 1 aromatic rings. The number of amides is 1. The van der Waals surface area contributed by atoms with Crippen LogP contribution < -0.4 is 0 Å². The van der Waals surface area contributed by atoms with Crippen LogP contribution in [-0.2, 0) is 16.0 Å². The van der Waals surface area contributed by atoms with Crippen LogP contribution in [-0.4, -0.2) is 57.6 Å². The Bertz CT molecular complexity index is 507. The molecule has 0 aliphatic carbocycles. The molecule has 0 aromatic carbocycles. The predicted molar refractivity (Wildman–Crippen MR) is 82.7 cm³/mol. The van der Waals surface area contributed by atoms with Gasteiger partial charge in [0.2, 0.25) is 0 Å². The monoisotopic (exact) mass is 329 g/mol. The topological polar surface area (TPSA) is 72.4 Å². The second-order valence-corrected chi connectivity index (χ2v) is 6.89. The van der Waals surface area contributed by atoms with E-state index in [1.54, 1.807) is 11.8 Å². The molecule has 1 aliphatic rings. The molecule has 1 saturated heterocycles. The molecule has 2 rings (SSSR count). The van der Waals surface area contributed by atoms with Gasteiger partial charge in [-0.3, -0.25) is 9.59 Å². The van der Waals surface area contributed by atoms with Crippen LogP contribution >= 0.6 is 23.3 Å². The van der Waals surface area contributed by atoms with Gasteiger partial charge in [-0.1, -0.05) is 17.8 Å². The number of thioether (sulfide) groups is 1. The lowest BCUT2D eigenvalue weighted by Crippen LogP contribution is -2.29. The van der Waals surface area contributed by atoms with Gasteiger partial charge in [0, 0.05) is 18.3 Å². The third-order valence-corrected chi connectivity index (χ3v) is 5.35. The van der Waals surface area contributed by atoms with Crippen molar-refractivity contribution in [1.29, 1.82) is 0 Å². The van der Waals surface area contributed by atoms with Crippen molar-refractivity contribution in [2.75, 3.05) is 26.0 Å². The number of rotatable bonds is 6. The highest BCUT2D eigenvalue weighted by Gasteiger charge is 2.30. The number of carbonyl (C=O) groups excluding carboxylic acids is 2. The van der Waals surface area contributed by atoms with Crippen molar-refractivity contribution in [1.82, 2.24) is 14.5 Å². The van der Waals surface area contributed by atoms with Crippen LogP contribution in [0.2, 0.25) is 0 Å². The van der Waals surface area contributed by atoms with E-state index in [1.165, 1.54) is 18.6 Å². The fourth-order valence-corrected chi connectivity index (χ4v) is 3.93. The zero-order valence-corrected chi connectivity index (χ0v) is 13.8. The van der Waals surface area contributed by atoms with Gasteiger partial charge < -0.3 is 9.64 Å². The largest absolute Gasteiger partial charge is 0.468 e. The molecule has 0 N–H and O–H groups in total. The summed E-state index contributed by atoms with van der Waals surface area (Å²) in [7, 11) is 1.39. The molecular weight excluding hydrogens is 310 g/mol. The lowest BCUT2D eigenvalue weighted by molar-refractivity contribution is -0.137. The summed E-state index contributed by atoms with van der Waals surface area (Å²) in [5.74, 6) is 0.142. The van der Waals surface area contributed by atoms with Crippen LogP contribution in [0.15, 0.2) is 0 Å². The van der Waals surface area contributed by atoms with Crippen LogP contribution in [0.4, 0.5) is 0 Å². The lowest BCUT2D eigenvalue weighted by Gasteiger charge is -2.15. The fourth-order valence-electron chi connectivity index (χ4n) is 2.21. The van der Waals surface area contributed by atoms with E-state index in [1.807, 2.05) is 4.90 Å². The standard InChI is InChI=1S/C13H19N3O3S2/c1-3-4-10-12(21-15-14-10)13(18)16-6-5-9(7-16)20-8-11(17)19-2/h9H,3-8H2,1-2H3. The van der Waals surface area contributed by atoms with Crippen molar-refractivity contribution in [3.63, 3.8) is 0 Å². The van der Waals surface area contributed by atoms with Crippen LogP contribution in [0.25, 0.3) is 0 Å². The molecule has 21 heavy (non-hydrogen) atoms. The van der Waals surface area contributed by atoms with Gasteiger partial charge >= 0.3 is 5.97 Å². The zero-order valence-electron chi connectivity index (χ0n) is 12.2. The van der Waals surface area contributed by atoms with Crippen LogP contribution in [0, 0.1) is 0 Å². The maximum atomic E-state index is 12.5. The summed E-state index contributed by atoms with van der Waals surface area (Å²) in [5, 5.41) is 4.34. The molecule has 0 spiro atoms. The van der Waals surface area contributed by atoms with E-state index < -0.39 is 0 Å². The Labute approximate surface area is 132 Å². The first-order chi connectivity index (χ1) is 10.2. The molecule has 1 unspecified atom stereocenters. The number of likely N-dealkylation sites (tertiary alicyclic amines) is 1. The Kier molecular flexibility index (Phi) is 5.98. The van der Waals surface area contributed by atoms with E-state index in [9.17, 15) is 9.59 Å². The van der Waals surface area contributed by atoms with E-state index in [0.29, 0.717) is 22.4 Å². The first kappa shape index (κ1) is 16.2. The second-order valence-electron chi connectivity index (χ2n) is 4.85. The van der Waals surface area contributed by atoms with Crippen molar-refractivity contribution < 1.29 is 14.3 Å². The molecule has 6 nitrogen and oxygen atoms in total. The first-order valence-corrected chi connectivity index (χ1v) is 8.76. The van der Waals surface area contributed by atoms with Crippen LogP contribution in [0.3, 0.4) is 0 Å². The van der Waals surface area contributed by atoms with Gasteiger partial charge in [-0.05, 0) is 24.4 Å². The molecule has 116 valence electrons. The van der Waals surface area contributed by atoms with Gasteiger partial charge in [0.25, 0.3) is 5.91 Å². The summed E-state index contributed by atoms with van der Waals surface area (Å²) in [4.78, 5) is 26.1. The van der Waals surface area contributed by atoms with E-state index in [4.69, 9.17) is 0 Å². The number of carbonyl (C=O) groups is 2. The molecule has 1 atom stereocenters. The Morgan fingerprint density at radius 3 is 3.05 bits per heavy atom. The normalized spacial score (nSPS) is 18.0. The lowest BCUT2D eigenvalue weighted by atomic mass is 10.2. The Morgan fingerprint density at radius 2 is 2.33 bits per heavy atom. The highest BCUT2D eigenvalue weighted by Crippen LogP contribution is 2.25. The summed E-state index contributed by atoms with van der Waals surface area (Å²) < 4.78 is 8.53. The average molecular weight is 329 g/mol. The number of nitrogens with zero attached hydrogens (tertiary/aromatic N) is 3. The second kappa shape index (κ2) is 7.74. The molecule has 0 bridgehead atoms. The van der Waals surface area contributed by atoms with Crippen LogP contribution in [0.5, 0.6) is 0 Å². The maximum absolute atomic E-state index is 12.5. The number of hydrogen-bond acceptors (Lipinski definition) is 7. The maximum Gasteiger partial charge on any atom is 0.315 e. The van der Waals surface area contributed by atoms with Gasteiger partial charge in [-0.25, -0.2) is 0 Å². The van der Waals surface area contributed by atoms with Crippen molar-refractivity contribution >= 4 is 35.2 Å². The Hall–Kier alpha value is -1.15. The number of aromatic nitrogens is 2. The predicted octanol–water partition coefficient (Wildman–Crippen LogP) is 1.61. The van der Waals surface area contributed by atoms with Crippen molar-refractivity contribution in [2.24, 2.45) is 0 Å². The third kappa shape index (κ3) is 4.16. The minimum atomic E-state index is -0.221. The highest BCUT2D eigenvalue weighted by molar-refractivity contribution is 8.00. The van der Waals surface area contributed by atoms with E-state index in [0.717, 1.165) is 31.5 Å². The zero-order chi connectivity index (χ0) is 15.2. The van der Waals surface area contributed by atoms with Crippen molar-refractivity contribution in [3.8, 4) is 0 Å². The fraction of sp³-hybridized carbons (Fsp3) is 0.692. The van der Waals surface area contributed by atoms with Crippen molar-refractivity contribution in [3.05, 3.63) is 10.6 Å². The SMILES string of the molecule is CCCc1nnsc1C(=O)N1CCC(SCC(=O)OC)C1. The van der Waals surface area contributed by atoms with E-state index in [2.05, 4.69) is 21.2 Å². The van der Waals surface area contributed by atoms with Gasteiger partial charge in [0.15, 0.2) is 0 Å². The van der Waals surface area contributed by atoms with Crippen molar-refractivity contribution in [2.45, 2.75) is 31.4 Å². The van der Waals surface area contributed by atoms with Gasteiger partial charge in [-0.15, -0.1) is 16.9 Å².